The van der Waals surface area contributed by atoms with E-state index in [2.05, 4.69) is 22.7 Å². The summed E-state index contributed by atoms with van der Waals surface area (Å²) in [5.41, 5.74) is 5.21. The smallest absolute Gasteiger partial charge is 0.251 e. The Morgan fingerprint density at radius 2 is 2.33 bits per heavy atom. The topological polar surface area (TPSA) is 59.0 Å². The van der Waals surface area contributed by atoms with Gasteiger partial charge >= 0.3 is 0 Å². The molecule has 0 bridgehead atoms. The van der Waals surface area contributed by atoms with E-state index in [-0.39, 0.29) is 5.91 Å². The number of aryl methyl sites for hydroxylation is 2. The Morgan fingerprint density at radius 3 is 3.14 bits per heavy atom. The zero-order valence-electron chi connectivity index (χ0n) is 12.4. The first-order valence-electron chi connectivity index (χ1n) is 7.33. The van der Waals surface area contributed by atoms with Crippen molar-refractivity contribution in [2.45, 2.75) is 26.3 Å². The van der Waals surface area contributed by atoms with Gasteiger partial charge in [-0.15, -0.1) is 0 Å². The molecule has 2 heterocycles. The van der Waals surface area contributed by atoms with Gasteiger partial charge in [0.2, 0.25) is 0 Å². The highest BCUT2D eigenvalue weighted by atomic mass is 16.1. The first-order chi connectivity index (χ1) is 10.2. The van der Waals surface area contributed by atoms with Crippen molar-refractivity contribution >= 4 is 11.6 Å². The van der Waals surface area contributed by atoms with E-state index in [1.54, 1.807) is 4.68 Å². The molecule has 0 saturated carbocycles. The van der Waals surface area contributed by atoms with E-state index >= 15 is 0 Å². The Kier molecular flexibility index (Phi) is 3.64. The van der Waals surface area contributed by atoms with Gasteiger partial charge in [0.15, 0.2) is 0 Å². The summed E-state index contributed by atoms with van der Waals surface area (Å²) < 4.78 is 1.79. The molecule has 110 valence electrons. The molecule has 2 aromatic rings. The Labute approximate surface area is 124 Å². The highest BCUT2D eigenvalue weighted by Crippen LogP contribution is 2.23. The number of carbonyl (C=O) groups is 1. The number of hydrogen-bond donors (Lipinski definition) is 2. The van der Waals surface area contributed by atoms with Crippen molar-refractivity contribution < 1.29 is 4.79 Å². The number of benzene rings is 1. The van der Waals surface area contributed by atoms with Crippen molar-refractivity contribution in [2.24, 2.45) is 7.05 Å². The van der Waals surface area contributed by atoms with Crippen molar-refractivity contribution in [3.05, 3.63) is 46.8 Å². The van der Waals surface area contributed by atoms with Gasteiger partial charge in [-0.05, 0) is 36.6 Å². The van der Waals surface area contributed by atoms with Gasteiger partial charge in [0.1, 0.15) is 0 Å². The molecule has 1 aliphatic rings. The quantitative estimate of drug-likeness (QED) is 0.901. The summed E-state index contributed by atoms with van der Waals surface area (Å²) in [4.78, 5) is 12.3. The molecular weight excluding hydrogens is 264 g/mol. The maximum atomic E-state index is 12.3. The Bertz CT molecular complexity index is 675. The van der Waals surface area contributed by atoms with E-state index in [1.807, 2.05) is 31.4 Å². The molecule has 1 aromatic carbocycles. The normalized spacial score (nSPS) is 12.9. The van der Waals surface area contributed by atoms with Crippen LogP contribution in [0, 0.1) is 0 Å². The first-order valence-corrected chi connectivity index (χ1v) is 7.33. The fourth-order valence-corrected chi connectivity index (χ4v) is 2.75. The van der Waals surface area contributed by atoms with Gasteiger partial charge in [0.05, 0.1) is 5.69 Å². The Morgan fingerprint density at radius 1 is 1.48 bits per heavy atom. The highest BCUT2D eigenvalue weighted by molar-refractivity contribution is 5.95. The predicted octanol–water partition coefficient (Wildman–Crippen LogP) is 1.88. The van der Waals surface area contributed by atoms with E-state index < -0.39 is 0 Å². The van der Waals surface area contributed by atoms with Crippen LogP contribution in [0.25, 0.3) is 0 Å². The minimum absolute atomic E-state index is 0.0318. The number of carbonyl (C=O) groups excluding carboxylic acids is 1. The van der Waals surface area contributed by atoms with Crippen molar-refractivity contribution in [1.82, 2.24) is 15.1 Å². The van der Waals surface area contributed by atoms with E-state index in [0.717, 1.165) is 41.9 Å². The molecule has 0 aliphatic carbocycles. The molecule has 1 aliphatic heterocycles. The number of aromatic nitrogens is 2. The van der Waals surface area contributed by atoms with Crippen LogP contribution < -0.4 is 10.6 Å². The number of fused-ring (bicyclic) bond motifs is 1. The van der Waals surface area contributed by atoms with Gasteiger partial charge in [0, 0.05) is 43.1 Å². The molecule has 0 radical (unpaired) electrons. The molecule has 1 amide bonds. The maximum absolute atomic E-state index is 12.3. The predicted molar refractivity (Wildman–Crippen MR) is 82.4 cm³/mol. The number of nitrogens with one attached hydrogen (secondary N) is 2. The Hall–Kier alpha value is -2.30. The number of hydrogen-bond acceptors (Lipinski definition) is 3. The molecule has 5 heteroatoms. The first kappa shape index (κ1) is 13.7. The molecule has 0 saturated heterocycles. The molecule has 0 atom stereocenters. The molecule has 21 heavy (non-hydrogen) atoms. The molecule has 2 N–H and O–H groups in total. The minimum Gasteiger partial charge on any atom is -0.384 e. The van der Waals surface area contributed by atoms with Crippen LogP contribution in [-0.4, -0.2) is 22.2 Å². The lowest BCUT2D eigenvalue weighted by Crippen LogP contribution is -2.23. The van der Waals surface area contributed by atoms with Crippen LogP contribution in [0.5, 0.6) is 0 Å². The van der Waals surface area contributed by atoms with E-state index in [0.29, 0.717) is 6.54 Å². The second-order valence-corrected chi connectivity index (χ2v) is 5.36. The zero-order chi connectivity index (χ0) is 14.8. The van der Waals surface area contributed by atoms with Crippen LogP contribution in [0.3, 0.4) is 0 Å². The van der Waals surface area contributed by atoms with Crippen LogP contribution in [0.1, 0.15) is 34.1 Å². The largest absolute Gasteiger partial charge is 0.384 e. The van der Waals surface area contributed by atoms with Crippen LogP contribution in [-0.2, 0) is 26.4 Å². The summed E-state index contributed by atoms with van der Waals surface area (Å²) in [6.45, 7) is 3.54. The van der Waals surface area contributed by atoms with Crippen LogP contribution in [0.4, 0.5) is 5.69 Å². The van der Waals surface area contributed by atoms with Gasteiger partial charge in [-0.3, -0.25) is 9.48 Å². The average Bonchev–Trinajstić information content (AvgIpc) is 3.09. The third kappa shape index (κ3) is 2.77. The summed E-state index contributed by atoms with van der Waals surface area (Å²) in [7, 11) is 1.90. The van der Waals surface area contributed by atoms with E-state index in [4.69, 9.17) is 0 Å². The molecule has 0 spiro atoms. The second kappa shape index (κ2) is 5.60. The minimum atomic E-state index is -0.0318. The van der Waals surface area contributed by atoms with E-state index in [9.17, 15) is 4.79 Å². The lowest BCUT2D eigenvalue weighted by Gasteiger charge is -2.07. The summed E-state index contributed by atoms with van der Waals surface area (Å²) in [5, 5.41) is 10.7. The number of nitrogens with zero attached hydrogens (tertiary/aromatic N) is 2. The average molecular weight is 284 g/mol. The van der Waals surface area contributed by atoms with Crippen LogP contribution in [0.2, 0.25) is 0 Å². The monoisotopic (exact) mass is 284 g/mol. The summed E-state index contributed by atoms with van der Waals surface area (Å²) in [6, 6.07) is 5.84. The second-order valence-electron chi connectivity index (χ2n) is 5.36. The molecule has 0 unspecified atom stereocenters. The summed E-state index contributed by atoms with van der Waals surface area (Å²) in [5.74, 6) is -0.0318. The lowest BCUT2D eigenvalue weighted by molar-refractivity contribution is 0.0951. The summed E-state index contributed by atoms with van der Waals surface area (Å²) in [6.07, 6.45) is 3.82. The number of anilines is 1. The lowest BCUT2D eigenvalue weighted by atomic mass is 10.1. The van der Waals surface area contributed by atoms with Gasteiger partial charge in [-0.25, -0.2) is 0 Å². The molecule has 3 rings (SSSR count). The summed E-state index contributed by atoms with van der Waals surface area (Å²) >= 11 is 0. The molecule has 1 aromatic heterocycles. The van der Waals surface area contributed by atoms with Crippen LogP contribution in [0.15, 0.2) is 24.4 Å². The third-order valence-electron chi connectivity index (χ3n) is 3.84. The fourth-order valence-electron chi connectivity index (χ4n) is 2.75. The molecule has 0 fully saturated rings. The van der Waals surface area contributed by atoms with Crippen molar-refractivity contribution in [3.63, 3.8) is 0 Å². The van der Waals surface area contributed by atoms with Crippen molar-refractivity contribution in [1.29, 1.82) is 0 Å². The zero-order valence-corrected chi connectivity index (χ0v) is 12.4. The Balaban J connectivity index is 1.69. The SMILES string of the molecule is CCc1nn(C)cc1CNC(=O)c1ccc2c(c1)CCN2. The molecular formula is C16H20N4O. The third-order valence-corrected chi connectivity index (χ3v) is 3.84. The number of rotatable bonds is 4. The van der Waals surface area contributed by atoms with Crippen molar-refractivity contribution in [2.75, 3.05) is 11.9 Å². The van der Waals surface area contributed by atoms with E-state index in [1.165, 1.54) is 5.56 Å². The maximum Gasteiger partial charge on any atom is 0.251 e. The van der Waals surface area contributed by atoms with Gasteiger partial charge in [-0.1, -0.05) is 6.92 Å². The fraction of sp³-hybridized carbons (Fsp3) is 0.375. The van der Waals surface area contributed by atoms with Gasteiger partial charge in [0.25, 0.3) is 5.91 Å². The highest BCUT2D eigenvalue weighted by Gasteiger charge is 2.14. The molecule has 5 nitrogen and oxygen atoms in total. The standard InChI is InChI=1S/C16H20N4O/c1-3-14-13(10-20(2)19-14)9-18-16(21)12-4-5-15-11(8-12)6-7-17-15/h4-5,8,10,17H,3,6-7,9H2,1-2H3,(H,18,21). The van der Waals surface area contributed by atoms with Gasteiger partial charge in [-0.2, -0.15) is 5.10 Å². The number of amides is 1. The van der Waals surface area contributed by atoms with Gasteiger partial charge < -0.3 is 10.6 Å². The van der Waals surface area contributed by atoms with Crippen LogP contribution >= 0.6 is 0 Å². The van der Waals surface area contributed by atoms with Crippen molar-refractivity contribution in [3.8, 4) is 0 Å².